The molecule has 0 amide bonds. The van der Waals surface area contributed by atoms with E-state index in [1.165, 1.54) is 12.8 Å². The summed E-state index contributed by atoms with van der Waals surface area (Å²) >= 11 is 0. The van der Waals surface area contributed by atoms with Gasteiger partial charge in [0.25, 0.3) is 0 Å². The zero-order chi connectivity index (χ0) is 21.3. The Kier molecular flexibility index (Phi) is 5.71. The molecule has 1 aromatic carbocycles. The van der Waals surface area contributed by atoms with Crippen LogP contribution in [0.15, 0.2) is 22.7 Å². The topological polar surface area (TPSA) is 92.0 Å². The molecule has 162 valence electrons. The Labute approximate surface area is 173 Å². The smallest absolute Gasteiger partial charge is 0.370 e. The van der Waals surface area contributed by atoms with E-state index in [0.717, 1.165) is 31.7 Å². The van der Waals surface area contributed by atoms with Crippen LogP contribution in [0.3, 0.4) is 0 Å². The molecule has 2 heterocycles. The number of guanidine groups is 1. The summed E-state index contributed by atoms with van der Waals surface area (Å²) in [5.74, 6) is 0.842. The highest BCUT2D eigenvalue weighted by Crippen LogP contribution is 2.37. The number of aryl methyl sites for hydroxylation is 1. The van der Waals surface area contributed by atoms with Gasteiger partial charge in [-0.2, -0.15) is 18.2 Å². The first-order valence-electron chi connectivity index (χ1n) is 10.5. The fraction of sp³-hybridized carbons (Fsp3) is 0.571. The molecule has 6 nitrogen and oxygen atoms in total. The van der Waals surface area contributed by atoms with Crippen LogP contribution in [0, 0.1) is 11.3 Å². The lowest BCUT2D eigenvalue weighted by atomic mass is 9.94. The van der Waals surface area contributed by atoms with Gasteiger partial charge in [-0.3, -0.25) is 5.41 Å². The first-order chi connectivity index (χ1) is 14.3. The van der Waals surface area contributed by atoms with E-state index >= 15 is 0 Å². The maximum absolute atomic E-state index is 13.7. The van der Waals surface area contributed by atoms with Crippen LogP contribution in [0.2, 0.25) is 0 Å². The number of nitrogens with two attached hydrogens (primary N) is 1. The minimum Gasteiger partial charge on any atom is -0.370 e. The second kappa shape index (κ2) is 8.28. The first-order valence-corrected chi connectivity index (χ1v) is 10.5. The normalized spacial score (nSPS) is 20.2. The Morgan fingerprint density at radius 3 is 2.67 bits per heavy atom. The molecule has 1 aliphatic carbocycles. The Morgan fingerprint density at radius 2 is 1.97 bits per heavy atom. The molecule has 0 radical (unpaired) electrons. The van der Waals surface area contributed by atoms with Crippen LogP contribution >= 0.6 is 0 Å². The highest BCUT2D eigenvalue weighted by atomic mass is 19.4. The highest BCUT2D eigenvalue weighted by Gasteiger charge is 2.35. The SMILES string of the molecule is N=C(N)N1CCCC1c1nc(-c2ccc(CCC3CCCC3)c(C(F)(F)F)c2)no1. The van der Waals surface area contributed by atoms with Crippen molar-refractivity contribution in [2.45, 2.75) is 63.6 Å². The maximum Gasteiger partial charge on any atom is 0.416 e. The standard InChI is InChI=1S/C21H26F3N5O/c22-21(23,24)16-12-15(10-9-14(16)8-7-13-4-1-2-5-13)18-27-19(30-28-18)17-6-3-11-29(17)20(25)26/h9-10,12-13,17H,1-8,11H2,(H3,25,26). The highest BCUT2D eigenvalue weighted by molar-refractivity contribution is 5.75. The van der Waals surface area contributed by atoms with Gasteiger partial charge in [-0.15, -0.1) is 0 Å². The van der Waals surface area contributed by atoms with Crippen molar-refractivity contribution in [3.05, 3.63) is 35.2 Å². The second-order valence-corrected chi connectivity index (χ2v) is 8.25. The van der Waals surface area contributed by atoms with Crippen LogP contribution < -0.4 is 5.73 Å². The van der Waals surface area contributed by atoms with Gasteiger partial charge in [0, 0.05) is 12.1 Å². The number of nitrogens with zero attached hydrogens (tertiary/aromatic N) is 3. The molecule has 1 unspecified atom stereocenters. The van der Waals surface area contributed by atoms with Gasteiger partial charge in [-0.05, 0) is 43.2 Å². The van der Waals surface area contributed by atoms with Crippen molar-refractivity contribution < 1.29 is 17.7 Å². The lowest BCUT2D eigenvalue weighted by Gasteiger charge is -2.21. The molecular formula is C21H26F3N5O. The van der Waals surface area contributed by atoms with Gasteiger partial charge in [0.15, 0.2) is 5.96 Å². The van der Waals surface area contributed by atoms with Crippen LogP contribution in [-0.4, -0.2) is 27.5 Å². The van der Waals surface area contributed by atoms with Gasteiger partial charge >= 0.3 is 6.18 Å². The van der Waals surface area contributed by atoms with Crippen molar-refractivity contribution >= 4 is 5.96 Å². The van der Waals surface area contributed by atoms with E-state index < -0.39 is 11.7 Å². The van der Waals surface area contributed by atoms with E-state index in [0.29, 0.717) is 30.9 Å². The van der Waals surface area contributed by atoms with E-state index in [1.807, 2.05) is 0 Å². The summed E-state index contributed by atoms with van der Waals surface area (Å²) in [5, 5.41) is 11.5. The van der Waals surface area contributed by atoms with Crippen LogP contribution in [-0.2, 0) is 12.6 Å². The number of hydrogen-bond donors (Lipinski definition) is 2. The predicted molar refractivity (Wildman–Crippen MR) is 106 cm³/mol. The monoisotopic (exact) mass is 421 g/mol. The average Bonchev–Trinajstić information content (AvgIpc) is 3.46. The summed E-state index contributed by atoms with van der Waals surface area (Å²) in [6.07, 6.45) is 2.89. The van der Waals surface area contributed by atoms with Gasteiger partial charge in [0.2, 0.25) is 11.7 Å². The van der Waals surface area contributed by atoms with Crippen molar-refractivity contribution in [3.63, 3.8) is 0 Å². The summed E-state index contributed by atoms with van der Waals surface area (Å²) in [4.78, 5) is 5.98. The fourth-order valence-electron chi connectivity index (χ4n) is 4.66. The Balaban J connectivity index is 1.57. The molecule has 1 saturated carbocycles. The molecule has 1 aromatic heterocycles. The quantitative estimate of drug-likeness (QED) is 0.529. The van der Waals surface area contributed by atoms with Gasteiger partial charge in [0.1, 0.15) is 6.04 Å². The molecule has 1 saturated heterocycles. The van der Waals surface area contributed by atoms with E-state index in [1.54, 1.807) is 17.0 Å². The molecule has 0 bridgehead atoms. The largest absolute Gasteiger partial charge is 0.416 e. The number of hydrogen-bond acceptors (Lipinski definition) is 4. The maximum atomic E-state index is 13.7. The van der Waals surface area contributed by atoms with Crippen LogP contribution in [0.25, 0.3) is 11.4 Å². The summed E-state index contributed by atoms with van der Waals surface area (Å²) in [6.45, 7) is 0.617. The first kappa shape index (κ1) is 20.7. The number of benzene rings is 1. The van der Waals surface area contributed by atoms with Crippen LogP contribution in [0.4, 0.5) is 13.2 Å². The van der Waals surface area contributed by atoms with Gasteiger partial charge in [0.05, 0.1) is 5.56 Å². The van der Waals surface area contributed by atoms with E-state index in [9.17, 15) is 13.2 Å². The lowest BCUT2D eigenvalue weighted by Crippen LogP contribution is -2.35. The zero-order valence-electron chi connectivity index (χ0n) is 16.7. The third kappa shape index (κ3) is 4.29. The molecule has 2 aliphatic rings. The van der Waals surface area contributed by atoms with Gasteiger partial charge in [-0.25, -0.2) is 0 Å². The minimum absolute atomic E-state index is 0.0803. The Hall–Kier alpha value is -2.58. The van der Waals surface area contributed by atoms with Crippen molar-refractivity contribution in [3.8, 4) is 11.4 Å². The van der Waals surface area contributed by atoms with Crippen LogP contribution in [0.5, 0.6) is 0 Å². The number of halogens is 3. The summed E-state index contributed by atoms with van der Waals surface area (Å²) in [5.41, 5.74) is 5.56. The molecule has 4 rings (SSSR count). The van der Waals surface area contributed by atoms with Gasteiger partial charge in [-0.1, -0.05) is 43.0 Å². The van der Waals surface area contributed by atoms with Crippen LogP contribution in [0.1, 0.15) is 68.0 Å². The third-order valence-electron chi connectivity index (χ3n) is 6.26. The zero-order valence-corrected chi connectivity index (χ0v) is 16.7. The van der Waals surface area contributed by atoms with Crippen molar-refractivity contribution in [2.24, 2.45) is 11.7 Å². The predicted octanol–water partition coefficient (Wildman–Crippen LogP) is 4.91. The number of rotatable bonds is 5. The summed E-state index contributed by atoms with van der Waals surface area (Å²) < 4.78 is 46.5. The van der Waals surface area contributed by atoms with Gasteiger partial charge < -0.3 is 15.2 Å². The Bertz CT molecular complexity index is 904. The van der Waals surface area contributed by atoms with Crippen molar-refractivity contribution in [2.75, 3.05) is 6.54 Å². The summed E-state index contributed by atoms with van der Waals surface area (Å²) in [7, 11) is 0. The molecule has 1 aliphatic heterocycles. The fourth-order valence-corrected chi connectivity index (χ4v) is 4.66. The van der Waals surface area contributed by atoms with E-state index in [-0.39, 0.29) is 29.3 Å². The number of aromatic nitrogens is 2. The summed E-state index contributed by atoms with van der Waals surface area (Å²) in [6, 6.07) is 3.98. The molecule has 1 atom stereocenters. The third-order valence-corrected chi connectivity index (χ3v) is 6.26. The lowest BCUT2D eigenvalue weighted by molar-refractivity contribution is -0.138. The number of likely N-dealkylation sites (tertiary alicyclic amines) is 1. The number of nitrogens with one attached hydrogen (secondary N) is 1. The van der Waals surface area contributed by atoms with E-state index in [2.05, 4.69) is 10.1 Å². The molecule has 0 spiro atoms. The molecule has 30 heavy (non-hydrogen) atoms. The molecule has 3 N–H and O–H groups in total. The minimum atomic E-state index is -4.44. The van der Waals surface area contributed by atoms with Crippen molar-refractivity contribution in [1.82, 2.24) is 15.0 Å². The van der Waals surface area contributed by atoms with E-state index in [4.69, 9.17) is 15.7 Å². The molecule has 2 fully saturated rings. The van der Waals surface area contributed by atoms with Crippen molar-refractivity contribution in [1.29, 1.82) is 5.41 Å². The molecular weight excluding hydrogens is 395 g/mol. The molecule has 9 heteroatoms. The second-order valence-electron chi connectivity index (χ2n) is 8.25. The number of alkyl halides is 3. The molecule has 2 aromatic rings. The Morgan fingerprint density at radius 1 is 1.20 bits per heavy atom. The average molecular weight is 421 g/mol.